The minimum Gasteiger partial charge on any atom is -0.0622 e. The molecule has 4 aromatic rings. The molecule has 40 heavy (non-hydrogen) atoms. The second kappa shape index (κ2) is 22.6. The Balaban J connectivity index is 0.000000567. The van der Waals surface area contributed by atoms with Crippen molar-refractivity contribution in [3.8, 4) is 0 Å². The van der Waals surface area contributed by atoms with Gasteiger partial charge in [-0.3, -0.25) is 0 Å². The molecule has 0 atom stereocenters. The standard InChI is InChI=1S/C26H24P2.C5H5.CF3.CO.Mo/c1-5-13-23(14-6-1)27(24-15-7-2-8-16-24)21-22-28(25-17-9-3-10-18-25)26-19-11-4-12-20-26;1-2-4-5-3-1;2-1(3)4;1-2;/h1-20H,21-22H2;1-5H;;;/q;;-1;;. The average Bonchev–Trinajstić information content (AvgIpc) is 3.59. The summed E-state index contributed by atoms with van der Waals surface area (Å²) in [6, 6.07) is 44.2. The topological polar surface area (TPSA) is 19.9 Å². The largest absolute Gasteiger partial charge is 0.0622 e. The zero-order chi connectivity index (χ0) is 28.1. The molecule has 0 bridgehead atoms. The smallest absolute Gasteiger partial charge is 0 e. The SMILES string of the molecule is F[C-](F)F.[C-]#[O+].[CH]1[CH][CH][CH][CH]1.[Mo].c1ccc(P(CCP(c2ccccc2)c2ccccc2)c2ccccc2)cc1. The van der Waals surface area contributed by atoms with Crippen LogP contribution in [-0.4, -0.2) is 12.3 Å². The number of rotatable bonds is 7. The van der Waals surface area contributed by atoms with Crippen molar-refractivity contribution in [3.05, 3.63) is 167 Å². The minimum absolute atomic E-state index is 0. The molecule has 0 heterocycles. The third-order valence-electron chi connectivity index (χ3n) is 5.37. The summed E-state index contributed by atoms with van der Waals surface area (Å²) in [5.41, 5.74) is 0. The molecule has 0 aliphatic heterocycles. The molecule has 0 unspecified atom stereocenters. The second-order valence-corrected chi connectivity index (χ2v) is 12.5. The Kier molecular flexibility index (Phi) is 20.4. The molecule has 1 fully saturated rings. The molecule has 1 aliphatic rings. The first-order chi connectivity index (χ1) is 19.1. The van der Waals surface area contributed by atoms with Crippen LogP contribution in [0.3, 0.4) is 0 Å². The van der Waals surface area contributed by atoms with Crippen LogP contribution in [0.2, 0.25) is 0 Å². The van der Waals surface area contributed by atoms with Gasteiger partial charge >= 0.3 is 11.3 Å². The molecule has 0 amide bonds. The van der Waals surface area contributed by atoms with Crippen LogP contribution in [0.15, 0.2) is 121 Å². The molecule has 7 heteroatoms. The van der Waals surface area contributed by atoms with Crippen molar-refractivity contribution in [1.29, 1.82) is 0 Å². The minimum atomic E-state index is -3.08. The molecular formula is C33H29F3MoOP2-. The van der Waals surface area contributed by atoms with E-state index in [-0.39, 0.29) is 36.9 Å². The fourth-order valence-corrected chi connectivity index (χ4v) is 9.12. The number of halogens is 3. The summed E-state index contributed by atoms with van der Waals surface area (Å²) < 4.78 is 36.2. The van der Waals surface area contributed by atoms with Gasteiger partial charge in [-0.05, 0) is 81.5 Å². The number of hydrogen-bond donors (Lipinski definition) is 0. The van der Waals surface area contributed by atoms with Crippen molar-refractivity contribution in [2.45, 2.75) is 0 Å². The molecule has 0 aromatic heterocycles. The summed E-state index contributed by atoms with van der Waals surface area (Å²) in [6.07, 6.45) is 12.4. The van der Waals surface area contributed by atoms with E-state index in [1.165, 1.54) is 33.5 Å². The Labute approximate surface area is 254 Å². The van der Waals surface area contributed by atoms with Crippen molar-refractivity contribution < 1.29 is 38.9 Å². The van der Waals surface area contributed by atoms with Crippen molar-refractivity contribution in [3.63, 3.8) is 0 Å². The van der Waals surface area contributed by atoms with Gasteiger partial charge in [0.05, 0.1) is 0 Å². The predicted octanol–water partition coefficient (Wildman–Crippen LogP) is 7.58. The van der Waals surface area contributed by atoms with E-state index >= 15 is 0 Å². The molecule has 1 nitrogen and oxygen atoms in total. The van der Waals surface area contributed by atoms with Gasteiger partial charge in [0.2, 0.25) is 0 Å². The molecule has 1 saturated carbocycles. The Hall–Kier alpha value is -2.04. The zero-order valence-electron chi connectivity index (χ0n) is 21.7. The van der Waals surface area contributed by atoms with Crippen molar-refractivity contribution >= 4 is 37.1 Å². The van der Waals surface area contributed by atoms with E-state index in [4.69, 9.17) is 4.65 Å². The maximum absolute atomic E-state index is 9.58. The Morgan fingerprint density at radius 2 is 0.625 bits per heavy atom. The van der Waals surface area contributed by atoms with E-state index in [0.29, 0.717) is 0 Å². The van der Waals surface area contributed by atoms with E-state index in [1.807, 2.05) is 32.1 Å². The average molecular weight is 656 g/mol. The van der Waals surface area contributed by atoms with Crippen molar-refractivity contribution in [2.75, 3.05) is 12.3 Å². The molecule has 5 rings (SSSR count). The summed E-state index contributed by atoms with van der Waals surface area (Å²) in [5.74, 6) is 0. The van der Waals surface area contributed by atoms with E-state index in [9.17, 15) is 13.2 Å². The monoisotopic (exact) mass is 658 g/mol. The van der Waals surface area contributed by atoms with E-state index < -0.39 is 6.68 Å². The summed E-state index contributed by atoms with van der Waals surface area (Å²) >= 11 is 0. The van der Waals surface area contributed by atoms with Crippen LogP contribution in [0.5, 0.6) is 0 Å². The van der Waals surface area contributed by atoms with Gasteiger partial charge in [0, 0.05) is 21.1 Å². The quantitative estimate of drug-likeness (QED) is 0.0847. The van der Waals surface area contributed by atoms with Gasteiger partial charge in [0.1, 0.15) is 0 Å². The van der Waals surface area contributed by atoms with E-state index in [2.05, 4.69) is 128 Å². The van der Waals surface area contributed by atoms with Crippen LogP contribution >= 0.6 is 15.8 Å². The fourth-order valence-electron chi connectivity index (χ4n) is 3.77. The van der Waals surface area contributed by atoms with Gasteiger partial charge in [0.25, 0.3) is 0 Å². The first-order valence-corrected chi connectivity index (χ1v) is 15.2. The van der Waals surface area contributed by atoms with Gasteiger partial charge in [-0.15, -0.1) is 0 Å². The molecular weight excluding hydrogens is 627 g/mol. The van der Waals surface area contributed by atoms with Gasteiger partial charge in [-0.1, -0.05) is 121 Å². The maximum atomic E-state index is 9.58. The maximum Gasteiger partial charge on any atom is 0 e. The van der Waals surface area contributed by atoms with Gasteiger partial charge in [-0.2, -0.15) is 0 Å². The first kappa shape index (κ1) is 36.0. The first-order valence-electron chi connectivity index (χ1n) is 12.1. The molecule has 5 radical (unpaired) electrons. The summed E-state index contributed by atoms with van der Waals surface area (Å²) in [5, 5.41) is 5.89. The molecule has 0 spiro atoms. The van der Waals surface area contributed by atoms with Crippen molar-refractivity contribution in [2.24, 2.45) is 0 Å². The Morgan fingerprint density at radius 1 is 0.450 bits per heavy atom. The van der Waals surface area contributed by atoms with Crippen molar-refractivity contribution in [1.82, 2.24) is 0 Å². The predicted molar refractivity (Wildman–Crippen MR) is 160 cm³/mol. The van der Waals surface area contributed by atoms with E-state index in [0.717, 1.165) is 0 Å². The third kappa shape index (κ3) is 14.0. The van der Waals surface area contributed by atoms with Gasteiger partial charge in [0.15, 0.2) is 6.68 Å². The summed E-state index contributed by atoms with van der Waals surface area (Å²) in [7, 11) is -0.696. The van der Waals surface area contributed by atoms with Gasteiger partial charge in [-0.25, -0.2) is 0 Å². The zero-order valence-corrected chi connectivity index (χ0v) is 25.5. The molecule has 1 aliphatic carbocycles. The van der Waals surface area contributed by atoms with Crippen LogP contribution in [0.25, 0.3) is 0 Å². The normalized spacial score (nSPS) is 11.7. The van der Waals surface area contributed by atoms with Crippen LogP contribution in [0.4, 0.5) is 13.2 Å². The van der Waals surface area contributed by atoms with Crippen LogP contribution in [-0.2, 0) is 25.7 Å². The molecule has 0 N–H and O–H groups in total. The van der Waals surface area contributed by atoms with Crippen LogP contribution in [0, 0.1) is 45.4 Å². The van der Waals surface area contributed by atoms with Crippen LogP contribution in [0.1, 0.15) is 0 Å². The number of hydrogen-bond acceptors (Lipinski definition) is 0. The second-order valence-electron chi connectivity index (χ2n) is 7.82. The number of benzene rings is 4. The van der Waals surface area contributed by atoms with Crippen LogP contribution < -0.4 is 21.2 Å². The third-order valence-corrected chi connectivity index (χ3v) is 10.8. The molecule has 4 aromatic carbocycles. The molecule has 205 valence electrons. The van der Waals surface area contributed by atoms with Gasteiger partial charge < -0.3 is 13.2 Å². The fraction of sp³-hybridized carbons (Fsp3) is 0.0606. The Bertz CT molecular complexity index is 974. The van der Waals surface area contributed by atoms with E-state index in [1.54, 1.807) is 0 Å². The summed E-state index contributed by atoms with van der Waals surface area (Å²) in [6.45, 7) is 1.42. The Morgan fingerprint density at radius 3 is 0.800 bits per heavy atom. The molecule has 0 saturated heterocycles. The summed E-state index contributed by atoms with van der Waals surface area (Å²) in [4.78, 5) is 0.